The van der Waals surface area contributed by atoms with Gasteiger partial charge in [-0.2, -0.15) is 0 Å². The van der Waals surface area contributed by atoms with Gasteiger partial charge in [0.1, 0.15) is 23.7 Å². The highest BCUT2D eigenvalue weighted by molar-refractivity contribution is 5.84. The van der Waals surface area contributed by atoms with Crippen LogP contribution in [0.3, 0.4) is 0 Å². The van der Waals surface area contributed by atoms with Crippen LogP contribution in [0.1, 0.15) is 25.0 Å². The molecule has 6 heteroatoms. The predicted molar refractivity (Wildman–Crippen MR) is 115 cm³/mol. The fourth-order valence-electron chi connectivity index (χ4n) is 4.81. The van der Waals surface area contributed by atoms with Crippen LogP contribution in [0.25, 0.3) is 10.9 Å². The van der Waals surface area contributed by atoms with Crippen LogP contribution in [0.5, 0.6) is 5.75 Å². The second-order valence-corrected chi connectivity index (χ2v) is 8.42. The van der Waals surface area contributed by atoms with Crippen LogP contribution < -0.4 is 4.74 Å². The zero-order valence-electron chi connectivity index (χ0n) is 17.2. The molecule has 0 unspecified atom stereocenters. The van der Waals surface area contributed by atoms with Crippen molar-refractivity contribution in [3.63, 3.8) is 0 Å². The fourth-order valence-corrected chi connectivity index (χ4v) is 4.81. The number of aliphatic hydroxyl groups is 1. The Morgan fingerprint density at radius 3 is 2.73 bits per heavy atom. The molecule has 1 N–H and O–H groups in total. The number of aliphatic hydroxyl groups excluding tert-OH is 1. The molecule has 5 rings (SSSR count). The maximum absolute atomic E-state index is 10.8. The molecular formula is C24H29N3O3. The van der Waals surface area contributed by atoms with E-state index in [1.54, 1.807) is 12.5 Å². The third kappa shape index (κ3) is 4.21. The minimum absolute atomic E-state index is 0.175. The SMILES string of the molecule is O[C@@H]1CN(C2CCN(Cc3ccco3)CC2)CC[C@H]1Oc1cccc2ncccc12. The highest BCUT2D eigenvalue weighted by Crippen LogP contribution is 2.28. The zero-order valence-corrected chi connectivity index (χ0v) is 17.2. The van der Waals surface area contributed by atoms with Gasteiger partial charge >= 0.3 is 0 Å². The molecule has 2 aliphatic heterocycles. The quantitative estimate of drug-likeness (QED) is 0.700. The minimum Gasteiger partial charge on any atom is -0.487 e. The molecule has 2 aromatic heterocycles. The first kappa shape index (κ1) is 19.5. The van der Waals surface area contributed by atoms with Gasteiger partial charge in [0, 0.05) is 43.8 Å². The molecule has 2 saturated heterocycles. The van der Waals surface area contributed by atoms with Crippen molar-refractivity contribution in [2.75, 3.05) is 26.2 Å². The molecule has 0 radical (unpaired) electrons. The van der Waals surface area contributed by atoms with Crippen molar-refractivity contribution in [3.8, 4) is 5.75 Å². The Hall–Kier alpha value is -2.41. The summed E-state index contributed by atoms with van der Waals surface area (Å²) in [6.07, 6.45) is 5.98. The Kier molecular flexibility index (Phi) is 5.71. The molecule has 2 fully saturated rings. The number of furan rings is 1. The molecule has 1 aromatic carbocycles. The van der Waals surface area contributed by atoms with Gasteiger partial charge < -0.3 is 14.3 Å². The molecule has 30 heavy (non-hydrogen) atoms. The number of ether oxygens (including phenoxy) is 1. The molecule has 4 heterocycles. The molecule has 6 nitrogen and oxygen atoms in total. The van der Waals surface area contributed by atoms with Crippen LogP contribution in [0.15, 0.2) is 59.3 Å². The van der Waals surface area contributed by atoms with E-state index in [0.29, 0.717) is 12.6 Å². The van der Waals surface area contributed by atoms with Crippen molar-refractivity contribution in [3.05, 3.63) is 60.7 Å². The Labute approximate surface area is 177 Å². The standard InChI is InChI=1S/C24H29N3O3/c28-22-17-27(18-8-12-26(13-9-18)16-19-4-3-15-29-19)14-10-24(22)30-23-7-1-6-21-20(23)5-2-11-25-21/h1-7,11,15,18,22,24,28H,8-10,12-14,16-17H2/t22-,24-/m1/s1. The Morgan fingerprint density at radius 2 is 1.93 bits per heavy atom. The van der Waals surface area contributed by atoms with E-state index < -0.39 is 6.10 Å². The normalized spacial score (nSPS) is 24.3. The summed E-state index contributed by atoms with van der Waals surface area (Å²) in [6.45, 7) is 4.67. The number of hydrogen-bond acceptors (Lipinski definition) is 6. The smallest absolute Gasteiger partial charge is 0.129 e. The number of likely N-dealkylation sites (tertiary alicyclic amines) is 2. The van der Waals surface area contributed by atoms with Crippen molar-refractivity contribution in [1.82, 2.24) is 14.8 Å². The van der Waals surface area contributed by atoms with Crippen molar-refractivity contribution >= 4 is 10.9 Å². The largest absolute Gasteiger partial charge is 0.487 e. The van der Waals surface area contributed by atoms with Crippen LogP contribution in [0, 0.1) is 0 Å². The third-order valence-corrected chi connectivity index (χ3v) is 6.47. The van der Waals surface area contributed by atoms with Gasteiger partial charge in [-0.25, -0.2) is 0 Å². The Balaban J connectivity index is 1.15. The van der Waals surface area contributed by atoms with Gasteiger partial charge in [-0.3, -0.25) is 14.8 Å². The van der Waals surface area contributed by atoms with Crippen LogP contribution in [0.4, 0.5) is 0 Å². The molecule has 0 amide bonds. The van der Waals surface area contributed by atoms with Crippen LogP contribution in [0.2, 0.25) is 0 Å². The van der Waals surface area contributed by atoms with Crippen molar-refractivity contribution < 1.29 is 14.3 Å². The average molecular weight is 408 g/mol. The van der Waals surface area contributed by atoms with E-state index >= 15 is 0 Å². The number of β-amino-alcohol motifs (C(OH)–C–C–N with tert-alkyl or cyclic N) is 1. The van der Waals surface area contributed by atoms with Gasteiger partial charge in [-0.1, -0.05) is 6.07 Å². The molecule has 3 aromatic rings. The summed E-state index contributed by atoms with van der Waals surface area (Å²) in [6, 6.07) is 14.4. The maximum atomic E-state index is 10.8. The van der Waals surface area contributed by atoms with E-state index in [9.17, 15) is 5.11 Å². The van der Waals surface area contributed by atoms with Crippen LogP contribution in [-0.2, 0) is 6.54 Å². The second-order valence-electron chi connectivity index (χ2n) is 8.42. The molecule has 0 spiro atoms. The number of piperidine rings is 2. The van der Waals surface area contributed by atoms with Crippen molar-refractivity contribution in [1.29, 1.82) is 0 Å². The summed E-state index contributed by atoms with van der Waals surface area (Å²) in [5.41, 5.74) is 0.920. The Morgan fingerprint density at radius 1 is 1.03 bits per heavy atom. The lowest BCUT2D eigenvalue weighted by molar-refractivity contribution is -0.0447. The molecule has 2 atom stereocenters. The van der Waals surface area contributed by atoms with E-state index in [2.05, 4.69) is 14.8 Å². The highest BCUT2D eigenvalue weighted by Gasteiger charge is 2.34. The summed E-state index contributed by atoms with van der Waals surface area (Å²) >= 11 is 0. The van der Waals surface area contributed by atoms with E-state index in [1.165, 1.54) is 0 Å². The first-order chi connectivity index (χ1) is 14.8. The maximum Gasteiger partial charge on any atom is 0.129 e. The predicted octanol–water partition coefficient (Wildman–Crippen LogP) is 3.31. The fraction of sp³-hybridized carbons (Fsp3) is 0.458. The number of hydrogen-bond donors (Lipinski definition) is 1. The van der Waals surface area contributed by atoms with Gasteiger partial charge in [0.05, 0.1) is 18.3 Å². The Bertz CT molecular complexity index is 948. The number of fused-ring (bicyclic) bond motifs is 1. The number of pyridine rings is 1. The third-order valence-electron chi connectivity index (χ3n) is 6.47. The summed E-state index contributed by atoms with van der Waals surface area (Å²) in [7, 11) is 0. The first-order valence-corrected chi connectivity index (χ1v) is 10.9. The summed E-state index contributed by atoms with van der Waals surface area (Å²) in [4.78, 5) is 9.31. The van der Waals surface area contributed by atoms with Gasteiger partial charge in [-0.15, -0.1) is 0 Å². The molecule has 0 saturated carbocycles. The lowest BCUT2D eigenvalue weighted by atomic mass is 9.97. The van der Waals surface area contributed by atoms with Gasteiger partial charge in [-0.05, 0) is 55.7 Å². The van der Waals surface area contributed by atoms with E-state index in [1.807, 2.05) is 42.5 Å². The summed E-state index contributed by atoms with van der Waals surface area (Å²) < 4.78 is 11.7. The van der Waals surface area contributed by atoms with Gasteiger partial charge in [0.2, 0.25) is 0 Å². The number of rotatable bonds is 5. The molecular weight excluding hydrogens is 378 g/mol. The average Bonchev–Trinajstić information content (AvgIpc) is 3.29. The van der Waals surface area contributed by atoms with Crippen molar-refractivity contribution in [2.45, 2.75) is 44.1 Å². The highest BCUT2D eigenvalue weighted by atomic mass is 16.5. The van der Waals surface area contributed by atoms with Gasteiger partial charge in [0.15, 0.2) is 0 Å². The topological polar surface area (TPSA) is 62.0 Å². The van der Waals surface area contributed by atoms with Gasteiger partial charge in [0.25, 0.3) is 0 Å². The number of aromatic nitrogens is 1. The molecule has 158 valence electrons. The first-order valence-electron chi connectivity index (χ1n) is 10.9. The number of nitrogens with zero attached hydrogens (tertiary/aromatic N) is 3. The number of benzene rings is 1. The minimum atomic E-state index is -0.480. The molecule has 0 aliphatic carbocycles. The van der Waals surface area contributed by atoms with Crippen molar-refractivity contribution in [2.24, 2.45) is 0 Å². The molecule has 0 bridgehead atoms. The van der Waals surface area contributed by atoms with E-state index in [-0.39, 0.29) is 6.10 Å². The van der Waals surface area contributed by atoms with E-state index in [0.717, 1.165) is 67.9 Å². The monoisotopic (exact) mass is 407 g/mol. The van der Waals surface area contributed by atoms with Crippen LogP contribution in [-0.4, -0.2) is 64.3 Å². The lowest BCUT2D eigenvalue weighted by Gasteiger charge is -2.43. The molecule has 2 aliphatic rings. The van der Waals surface area contributed by atoms with E-state index in [4.69, 9.17) is 9.15 Å². The second kappa shape index (κ2) is 8.76. The lowest BCUT2D eigenvalue weighted by Crippen LogP contribution is -2.54. The zero-order chi connectivity index (χ0) is 20.3. The van der Waals surface area contributed by atoms with Crippen LogP contribution >= 0.6 is 0 Å². The summed E-state index contributed by atoms with van der Waals surface area (Å²) in [5, 5.41) is 11.8. The summed E-state index contributed by atoms with van der Waals surface area (Å²) in [5.74, 6) is 1.84.